The maximum absolute atomic E-state index is 12.1. The maximum Gasteiger partial charge on any atom is 0.155 e. The molecule has 4 aliphatic rings. The van der Waals surface area contributed by atoms with Gasteiger partial charge < -0.3 is 0 Å². The predicted molar refractivity (Wildman–Crippen MR) is 90.9 cm³/mol. The van der Waals surface area contributed by atoms with E-state index >= 15 is 0 Å². The second-order valence-corrected chi connectivity index (χ2v) is 9.25. The number of ketones is 2. The molecule has 0 aromatic carbocycles. The molecule has 4 rings (SSSR count). The summed E-state index contributed by atoms with van der Waals surface area (Å²) in [5.74, 6) is 3.29. The Morgan fingerprint density at radius 1 is 1.04 bits per heavy atom. The van der Waals surface area contributed by atoms with Crippen LogP contribution in [0.5, 0.6) is 0 Å². The van der Waals surface area contributed by atoms with E-state index in [2.05, 4.69) is 13.8 Å². The highest BCUT2D eigenvalue weighted by molar-refractivity contribution is 5.91. The van der Waals surface area contributed by atoms with Gasteiger partial charge in [-0.3, -0.25) is 9.59 Å². The van der Waals surface area contributed by atoms with Crippen molar-refractivity contribution >= 4 is 11.6 Å². The van der Waals surface area contributed by atoms with Gasteiger partial charge in [-0.15, -0.1) is 0 Å². The summed E-state index contributed by atoms with van der Waals surface area (Å²) >= 11 is 0. The number of fused-ring (bicyclic) bond motifs is 5. The zero-order valence-electron chi connectivity index (χ0n) is 14.9. The number of rotatable bonds is 1. The zero-order chi connectivity index (χ0) is 16.4. The fourth-order valence-electron chi connectivity index (χ4n) is 7.23. The van der Waals surface area contributed by atoms with Gasteiger partial charge in [0.1, 0.15) is 5.78 Å². The summed E-state index contributed by atoms with van der Waals surface area (Å²) in [6, 6.07) is 0. The molecule has 0 bridgehead atoms. The quantitative estimate of drug-likeness (QED) is 0.701. The molecule has 126 valence electrons. The van der Waals surface area contributed by atoms with Crippen LogP contribution < -0.4 is 0 Å². The van der Waals surface area contributed by atoms with Crippen LogP contribution in [0.15, 0.2) is 11.6 Å². The van der Waals surface area contributed by atoms with Crippen molar-refractivity contribution in [3.8, 4) is 0 Å². The maximum atomic E-state index is 12.1. The molecule has 0 saturated heterocycles. The average molecular weight is 314 g/mol. The van der Waals surface area contributed by atoms with E-state index in [0.29, 0.717) is 17.5 Å². The highest BCUT2D eigenvalue weighted by Gasteiger charge is 2.59. The van der Waals surface area contributed by atoms with E-state index in [1.54, 1.807) is 6.92 Å². The molecule has 2 heteroatoms. The Balaban J connectivity index is 1.67. The van der Waals surface area contributed by atoms with Crippen LogP contribution in [-0.4, -0.2) is 11.6 Å². The smallest absolute Gasteiger partial charge is 0.155 e. The Morgan fingerprint density at radius 3 is 2.57 bits per heavy atom. The monoisotopic (exact) mass is 314 g/mol. The topological polar surface area (TPSA) is 34.1 Å². The third-order valence-electron chi connectivity index (χ3n) is 8.45. The van der Waals surface area contributed by atoms with Crippen LogP contribution in [0.2, 0.25) is 0 Å². The Bertz CT molecular complexity index is 589. The molecule has 2 unspecified atom stereocenters. The zero-order valence-corrected chi connectivity index (χ0v) is 14.9. The van der Waals surface area contributed by atoms with E-state index in [1.165, 1.54) is 31.3 Å². The van der Waals surface area contributed by atoms with Crippen molar-refractivity contribution in [3.05, 3.63) is 11.6 Å². The van der Waals surface area contributed by atoms with E-state index < -0.39 is 0 Å². The molecule has 6 atom stereocenters. The summed E-state index contributed by atoms with van der Waals surface area (Å²) in [5, 5.41) is 0. The van der Waals surface area contributed by atoms with E-state index in [-0.39, 0.29) is 10.8 Å². The number of carbonyl (C=O) groups is 2. The van der Waals surface area contributed by atoms with Crippen molar-refractivity contribution < 1.29 is 9.59 Å². The molecular weight excluding hydrogens is 284 g/mol. The first-order chi connectivity index (χ1) is 10.9. The lowest BCUT2D eigenvalue weighted by molar-refractivity contribution is -0.128. The molecule has 0 radical (unpaired) electrons. The first-order valence-electron chi connectivity index (χ1n) is 9.60. The minimum absolute atomic E-state index is 0.245. The largest absolute Gasteiger partial charge is 0.300 e. The lowest BCUT2D eigenvalue weighted by Crippen LogP contribution is -2.51. The average Bonchev–Trinajstić information content (AvgIpc) is 2.85. The van der Waals surface area contributed by atoms with Gasteiger partial charge in [-0.1, -0.05) is 19.4 Å². The minimum atomic E-state index is 0.245. The first kappa shape index (κ1) is 15.6. The van der Waals surface area contributed by atoms with Crippen LogP contribution in [0.1, 0.15) is 72.1 Å². The van der Waals surface area contributed by atoms with Crippen molar-refractivity contribution in [3.63, 3.8) is 0 Å². The second kappa shape index (κ2) is 5.04. The van der Waals surface area contributed by atoms with E-state index in [0.717, 1.165) is 43.4 Å². The summed E-state index contributed by atoms with van der Waals surface area (Å²) in [5.41, 5.74) is 1.95. The van der Waals surface area contributed by atoms with Gasteiger partial charge in [0.05, 0.1) is 0 Å². The van der Waals surface area contributed by atoms with Crippen LogP contribution in [0.4, 0.5) is 0 Å². The Morgan fingerprint density at radius 2 is 1.83 bits per heavy atom. The first-order valence-corrected chi connectivity index (χ1v) is 9.60. The Labute approximate surface area is 140 Å². The summed E-state index contributed by atoms with van der Waals surface area (Å²) in [4.78, 5) is 24.0. The number of carbonyl (C=O) groups excluding carboxylic acids is 2. The van der Waals surface area contributed by atoms with Gasteiger partial charge in [0, 0.05) is 12.3 Å². The van der Waals surface area contributed by atoms with E-state index in [1.807, 2.05) is 6.08 Å². The third-order valence-corrected chi connectivity index (χ3v) is 8.45. The molecule has 4 aliphatic carbocycles. The second-order valence-electron chi connectivity index (χ2n) is 9.25. The molecule has 0 spiro atoms. The summed E-state index contributed by atoms with van der Waals surface area (Å²) < 4.78 is 0. The highest BCUT2D eigenvalue weighted by atomic mass is 16.1. The SMILES string of the molecule is CC(=O)[C@H]1CC[C@H]2C3CCC4=CC(=O)CC[C@]4(C)C3CC[C@]12C. The molecule has 0 aromatic heterocycles. The fraction of sp³-hybridized carbons (Fsp3) is 0.810. The molecule has 3 saturated carbocycles. The molecule has 3 fully saturated rings. The fourth-order valence-corrected chi connectivity index (χ4v) is 7.23. The standard InChI is InChI=1S/C21H30O2/c1-13(22)17-6-7-18-16-5-4-14-12-15(23)8-10-20(14,2)19(16)9-11-21(17,18)3/h12,16-19H,4-11H2,1-3H3/t16?,17-,18+,19?,20+,21-/m1/s1. The van der Waals surface area contributed by atoms with E-state index in [9.17, 15) is 9.59 Å². The van der Waals surface area contributed by atoms with Crippen LogP contribution in [-0.2, 0) is 9.59 Å². The van der Waals surface area contributed by atoms with Crippen LogP contribution in [0.3, 0.4) is 0 Å². The molecule has 0 amide bonds. The normalized spacial score (nSPS) is 49.0. The van der Waals surface area contributed by atoms with Crippen LogP contribution in [0, 0.1) is 34.5 Å². The van der Waals surface area contributed by atoms with Crippen LogP contribution >= 0.6 is 0 Å². The van der Waals surface area contributed by atoms with Gasteiger partial charge in [-0.25, -0.2) is 0 Å². The Kier molecular flexibility index (Phi) is 3.42. The van der Waals surface area contributed by atoms with Gasteiger partial charge in [-0.05, 0) is 86.5 Å². The summed E-state index contributed by atoms with van der Waals surface area (Å²) in [7, 11) is 0. The molecule has 0 heterocycles. The van der Waals surface area contributed by atoms with Crippen molar-refractivity contribution in [2.45, 2.75) is 72.1 Å². The molecule has 2 nitrogen and oxygen atoms in total. The predicted octanol–water partition coefficient (Wildman–Crippen LogP) is 4.72. The molecule has 0 aromatic rings. The lowest BCUT2D eigenvalue weighted by atomic mass is 9.47. The van der Waals surface area contributed by atoms with Gasteiger partial charge in [0.25, 0.3) is 0 Å². The minimum Gasteiger partial charge on any atom is -0.300 e. The summed E-state index contributed by atoms with van der Waals surface area (Å²) in [6.45, 7) is 6.65. The van der Waals surface area contributed by atoms with Crippen LogP contribution in [0.25, 0.3) is 0 Å². The number of allylic oxidation sites excluding steroid dienone is 1. The van der Waals surface area contributed by atoms with Crippen molar-refractivity contribution in [2.24, 2.45) is 34.5 Å². The molecular formula is C21H30O2. The molecule has 0 N–H and O–H groups in total. The molecule has 0 aliphatic heterocycles. The number of hydrogen-bond acceptors (Lipinski definition) is 2. The lowest BCUT2D eigenvalue weighted by Gasteiger charge is -2.58. The summed E-state index contributed by atoms with van der Waals surface area (Å²) in [6.07, 6.45) is 10.9. The van der Waals surface area contributed by atoms with E-state index in [4.69, 9.17) is 0 Å². The number of Topliss-reactive ketones (excluding diaryl/α,β-unsaturated/α-hetero) is 1. The highest BCUT2D eigenvalue weighted by Crippen LogP contribution is 2.66. The van der Waals surface area contributed by atoms with Gasteiger partial charge in [-0.2, -0.15) is 0 Å². The van der Waals surface area contributed by atoms with Crippen molar-refractivity contribution in [2.75, 3.05) is 0 Å². The number of hydrogen-bond donors (Lipinski definition) is 0. The molecule has 23 heavy (non-hydrogen) atoms. The van der Waals surface area contributed by atoms with Gasteiger partial charge in [0.2, 0.25) is 0 Å². The van der Waals surface area contributed by atoms with Crippen molar-refractivity contribution in [1.82, 2.24) is 0 Å². The third kappa shape index (κ3) is 2.06. The van der Waals surface area contributed by atoms with Gasteiger partial charge in [0.15, 0.2) is 5.78 Å². The van der Waals surface area contributed by atoms with Gasteiger partial charge >= 0.3 is 0 Å². The Hall–Kier alpha value is -0.920. The van der Waals surface area contributed by atoms with Crippen molar-refractivity contribution in [1.29, 1.82) is 0 Å².